The van der Waals surface area contributed by atoms with Crippen molar-refractivity contribution in [2.24, 2.45) is 0 Å². The van der Waals surface area contributed by atoms with Crippen LogP contribution in [0.1, 0.15) is 83.4 Å². The van der Waals surface area contributed by atoms with Gasteiger partial charge in [0.25, 0.3) is 11.8 Å². The summed E-state index contributed by atoms with van der Waals surface area (Å²) in [6.45, 7) is 12.0. The van der Waals surface area contributed by atoms with Gasteiger partial charge in [0.1, 0.15) is 18.1 Å². The van der Waals surface area contributed by atoms with Crippen LogP contribution in [0.5, 0.6) is 11.5 Å². The molecular formula is C37H39N3O5. The lowest BCUT2D eigenvalue weighted by Gasteiger charge is -2.26. The maximum Gasteiger partial charge on any atom is 0.261 e. The zero-order chi connectivity index (χ0) is 31.8. The molecule has 2 amide bonds. The topological polar surface area (TPSA) is 90.9 Å². The minimum Gasteiger partial charge on any atom is -0.494 e. The predicted octanol–water partition coefficient (Wildman–Crippen LogP) is 7.23. The maximum absolute atomic E-state index is 12.5. The smallest absolute Gasteiger partial charge is 0.261 e. The van der Waals surface area contributed by atoms with E-state index >= 15 is 0 Å². The van der Waals surface area contributed by atoms with Crippen LogP contribution in [-0.2, 0) is 16.8 Å². The van der Waals surface area contributed by atoms with Crippen LogP contribution in [0.15, 0.2) is 91.6 Å². The summed E-state index contributed by atoms with van der Waals surface area (Å²) in [5.74, 6) is 2.08. The standard InChI is InChI=1S/C37H39N3O5/c1-5-43-26(2)34-38-22-21-29(39-34)25-45-31-19-15-28(16-20-31)37(3,4)27-13-17-30(18-14-27)44-24-10-6-9-23-40-35(41)32-11-7-8-12-33(32)36(40)42/h7-8,11-22H,2,5-6,9-10,23-25H2,1,3-4H3. The number of hydrogen-bond donors (Lipinski definition) is 0. The number of hydrogen-bond acceptors (Lipinski definition) is 7. The van der Waals surface area contributed by atoms with Crippen LogP contribution in [-0.4, -0.2) is 46.4 Å². The van der Waals surface area contributed by atoms with Gasteiger partial charge in [-0.2, -0.15) is 0 Å². The first kappa shape index (κ1) is 31.4. The maximum atomic E-state index is 12.5. The Kier molecular flexibility index (Phi) is 9.92. The van der Waals surface area contributed by atoms with Crippen molar-refractivity contribution < 1.29 is 23.8 Å². The molecule has 0 spiro atoms. The van der Waals surface area contributed by atoms with E-state index in [1.807, 2.05) is 37.3 Å². The zero-order valence-corrected chi connectivity index (χ0v) is 26.1. The Morgan fingerprint density at radius 1 is 0.800 bits per heavy atom. The van der Waals surface area contributed by atoms with Gasteiger partial charge < -0.3 is 14.2 Å². The van der Waals surface area contributed by atoms with E-state index < -0.39 is 0 Å². The molecule has 0 unspecified atom stereocenters. The normalized spacial score (nSPS) is 12.6. The Morgan fingerprint density at radius 2 is 1.40 bits per heavy atom. The fourth-order valence-corrected chi connectivity index (χ4v) is 5.29. The highest BCUT2D eigenvalue weighted by Crippen LogP contribution is 2.33. The summed E-state index contributed by atoms with van der Waals surface area (Å²) < 4.78 is 17.4. The van der Waals surface area contributed by atoms with E-state index in [2.05, 4.69) is 54.7 Å². The van der Waals surface area contributed by atoms with E-state index in [4.69, 9.17) is 14.2 Å². The van der Waals surface area contributed by atoms with Gasteiger partial charge in [0.05, 0.1) is 30.0 Å². The minimum absolute atomic E-state index is 0.197. The van der Waals surface area contributed by atoms with E-state index in [1.165, 1.54) is 16.0 Å². The highest BCUT2D eigenvalue weighted by Gasteiger charge is 2.34. The van der Waals surface area contributed by atoms with Gasteiger partial charge in [0.15, 0.2) is 11.6 Å². The lowest BCUT2D eigenvalue weighted by atomic mass is 9.78. The lowest BCUT2D eigenvalue weighted by Crippen LogP contribution is -2.30. The fraction of sp³-hybridized carbons (Fsp3) is 0.297. The Balaban J connectivity index is 1.06. The number of ether oxygens (including phenoxy) is 3. The van der Waals surface area contributed by atoms with E-state index in [9.17, 15) is 9.59 Å². The van der Waals surface area contributed by atoms with Crippen LogP contribution < -0.4 is 9.47 Å². The summed E-state index contributed by atoms with van der Waals surface area (Å²) in [6.07, 6.45) is 4.13. The van der Waals surface area contributed by atoms with Crippen LogP contribution in [0.3, 0.4) is 0 Å². The molecular weight excluding hydrogens is 566 g/mol. The van der Waals surface area contributed by atoms with Crippen LogP contribution in [0.2, 0.25) is 0 Å². The van der Waals surface area contributed by atoms with Gasteiger partial charge in [-0.1, -0.05) is 56.8 Å². The van der Waals surface area contributed by atoms with Crippen molar-refractivity contribution in [3.63, 3.8) is 0 Å². The van der Waals surface area contributed by atoms with E-state index in [1.54, 1.807) is 30.5 Å². The molecule has 2 heterocycles. The molecule has 5 rings (SSSR count). The minimum atomic E-state index is -0.220. The number of amides is 2. The second-order valence-electron chi connectivity index (χ2n) is 11.4. The van der Waals surface area contributed by atoms with Crippen LogP contribution in [0.25, 0.3) is 5.76 Å². The summed E-state index contributed by atoms with van der Waals surface area (Å²) in [5.41, 5.74) is 3.86. The second-order valence-corrected chi connectivity index (χ2v) is 11.4. The van der Waals surface area contributed by atoms with Crippen molar-refractivity contribution in [3.05, 3.63) is 125 Å². The summed E-state index contributed by atoms with van der Waals surface area (Å²) in [4.78, 5) is 35.0. The number of carbonyl (C=O) groups excluding carboxylic acids is 2. The average molecular weight is 606 g/mol. The van der Waals surface area contributed by atoms with Crippen molar-refractivity contribution in [2.75, 3.05) is 19.8 Å². The van der Waals surface area contributed by atoms with Gasteiger partial charge >= 0.3 is 0 Å². The third-order valence-corrected chi connectivity index (χ3v) is 7.99. The third kappa shape index (κ3) is 7.40. The Morgan fingerprint density at radius 3 is 2.00 bits per heavy atom. The number of nitrogens with zero attached hydrogens (tertiary/aromatic N) is 3. The summed E-state index contributed by atoms with van der Waals surface area (Å²) >= 11 is 0. The SMILES string of the molecule is C=C(OCC)c1nccc(COc2ccc(C(C)(C)c3ccc(OCCCCCN4C(=O)c5ccccc5C4=O)cc3)cc2)n1. The summed E-state index contributed by atoms with van der Waals surface area (Å²) in [7, 11) is 0. The Labute approximate surface area is 264 Å². The summed E-state index contributed by atoms with van der Waals surface area (Å²) in [6, 6.07) is 25.1. The molecule has 0 radical (unpaired) electrons. The first-order chi connectivity index (χ1) is 21.8. The van der Waals surface area contributed by atoms with Gasteiger partial charge in [-0.15, -0.1) is 0 Å². The van der Waals surface area contributed by atoms with E-state index in [-0.39, 0.29) is 17.2 Å². The molecule has 8 heteroatoms. The van der Waals surface area contributed by atoms with Gasteiger partial charge in [-0.25, -0.2) is 9.97 Å². The number of rotatable bonds is 15. The first-order valence-corrected chi connectivity index (χ1v) is 15.3. The Bertz CT molecular complexity index is 1610. The molecule has 232 valence electrons. The van der Waals surface area contributed by atoms with Gasteiger partial charge in [0.2, 0.25) is 0 Å². The van der Waals surface area contributed by atoms with Crippen molar-refractivity contribution >= 4 is 17.6 Å². The summed E-state index contributed by atoms with van der Waals surface area (Å²) in [5, 5.41) is 0. The zero-order valence-electron chi connectivity index (χ0n) is 26.1. The molecule has 8 nitrogen and oxygen atoms in total. The van der Waals surface area contributed by atoms with E-state index in [0.717, 1.165) is 36.5 Å². The largest absolute Gasteiger partial charge is 0.494 e. The molecule has 0 atom stereocenters. The van der Waals surface area contributed by atoms with Crippen LogP contribution >= 0.6 is 0 Å². The molecule has 1 aliphatic rings. The van der Waals surface area contributed by atoms with Gasteiger partial charge in [0, 0.05) is 18.2 Å². The van der Waals surface area contributed by atoms with Crippen molar-refractivity contribution in [2.45, 2.75) is 52.1 Å². The fourth-order valence-electron chi connectivity index (χ4n) is 5.29. The molecule has 3 aromatic carbocycles. The lowest BCUT2D eigenvalue weighted by molar-refractivity contribution is 0.0651. The number of carbonyl (C=O) groups is 2. The van der Waals surface area contributed by atoms with E-state index in [0.29, 0.717) is 49.1 Å². The molecule has 0 saturated heterocycles. The molecule has 0 fully saturated rings. The molecule has 0 aliphatic carbocycles. The average Bonchev–Trinajstić information content (AvgIpc) is 3.31. The van der Waals surface area contributed by atoms with Crippen LogP contribution in [0, 0.1) is 0 Å². The molecule has 1 aromatic heterocycles. The van der Waals surface area contributed by atoms with Crippen molar-refractivity contribution in [3.8, 4) is 11.5 Å². The molecule has 0 saturated carbocycles. The molecule has 1 aliphatic heterocycles. The highest BCUT2D eigenvalue weighted by molar-refractivity contribution is 6.21. The monoisotopic (exact) mass is 605 g/mol. The number of fused-ring (bicyclic) bond motifs is 1. The number of imide groups is 1. The molecule has 0 bridgehead atoms. The highest BCUT2D eigenvalue weighted by atomic mass is 16.5. The van der Waals surface area contributed by atoms with Gasteiger partial charge in [-0.3, -0.25) is 14.5 Å². The third-order valence-electron chi connectivity index (χ3n) is 7.99. The van der Waals surface area contributed by atoms with Crippen LogP contribution in [0.4, 0.5) is 0 Å². The molecule has 0 N–H and O–H groups in total. The number of unbranched alkanes of at least 4 members (excludes halogenated alkanes) is 2. The Hall–Kier alpha value is -4.98. The quantitative estimate of drug-likeness (QED) is 0.0802. The second kappa shape index (κ2) is 14.2. The predicted molar refractivity (Wildman–Crippen MR) is 173 cm³/mol. The van der Waals surface area contributed by atoms with Crippen molar-refractivity contribution in [1.82, 2.24) is 14.9 Å². The number of benzene rings is 3. The van der Waals surface area contributed by atoms with Gasteiger partial charge in [-0.05, 0) is 79.8 Å². The first-order valence-electron chi connectivity index (χ1n) is 15.3. The molecule has 45 heavy (non-hydrogen) atoms. The molecule has 4 aromatic rings. The van der Waals surface area contributed by atoms with Crippen molar-refractivity contribution in [1.29, 1.82) is 0 Å². The number of aromatic nitrogens is 2.